The zero-order valence-electron chi connectivity index (χ0n) is 31.9. The van der Waals surface area contributed by atoms with E-state index in [1.807, 2.05) is 58.9 Å². The van der Waals surface area contributed by atoms with E-state index in [0.717, 1.165) is 24.0 Å². The fraction of sp³-hybridized carbons (Fsp3) is 0.692. The van der Waals surface area contributed by atoms with E-state index in [1.165, 1.54) is 4.90 Å². The van der Waals surface area contributed by atoms with E-state index in [0.29, 0.717) is 25.6 Å². The van der Waals surface area contributed by atoms with Gasteiger partial charge in [0.1, 0.15) is 5.78 Å². The predicted octanol–water partition coefficient (Wildman–Crippen LogP) is 4.74. The molecular formula is C39H62N4O8. The molecule has 1 aliphatic heterocycles. The molecule has 0 saturated carbocycles. The van der Waals surface area contributed by atoms with Crippen molar-refractivity contribution in [2.24, 2.45) is 34.8 Å². The number of imide groups is 1. The van der Waals surface area contributed by atoms with Crippen molar-refractivity contribution >= 4 is 35.3 Å². The summed E-state index contributed by atoms with van der Waals surface area (Å²) in [6.45, 7) is 15.7. The maximum atomic E-state index is 13.5. The first kappa shape index (κ1) is 43.5. The third kappa shape index (κ3) is 16.1. The Morgan fingerprint density at radius 3 is 2.18 bits per heavy atom. The number of ether oxygens (including phenoxy) is 2. The molecule has 0 aliphatic carbocycles. The third-order valence-electron chi connectivity index (χ3n) is 9.28. The molecule has 51 heavy (non-hydrogen) atoms. The Morgan fingerprint density at radius 1 is 0.922 bits per heavy atom. The van der Waals surface area contributed by atoms with E-state index >= 15 is 0 Å². The number of ketones is 2. The number of benzene rings is 1. The molecule has 0 radical (unpaired) electrons. The number of nitrogens with one attached hydrogen (secondary N) is 2. The Bertz CT molecular complexity index is 1310. The normalized spacial score (nSPS) is 16.1. The molecule has 3 atom stereocenters. The van der Waals surface area contributed by atoms with Gasteiger partial charge in [-0.1, -0.05) is 72.7 Å². The minimum atomic E-state index is -0.815. The first-order chi connectivity index (χ1) is 24.0. The summed E-state index contributed by atoms with van der Waals surface area (Å²) in [5.74, 6) is -1.67. The average molecular weight is 715 g/mol. The van der Waals surface area contributed by atoms with Crippen molar-refractivity contribution in [1.82, 2.24) is 15.5 Å². The van der Waals surface area contributed by atoms with E-state index in [2.05, 4.69) is 24.5 Å². The second-order valence-electron chi connectivity index (χ2n) is 15.5. The van der Waals surface area contributed by atoms with Crippen molar-refractivity contribution in [1.29, 1.82) is 0 Å². The highest BCUT2D eigenvalue weighted by Crippen LogP contribution is 2.35. The zero-order valence-corrected chi connectivity index (χ0v) is 31.9. The number of nitrogens with zero attached hydrogens (tertiary/aromatic N) is 1. The SMILES string of the molecule is CC(C)CCCOCc1ccc(CC(=O)[C@H](CCCNC(N)=O)NC(=O)[C@@H](CC(=O)CCOCCN2C(=O)CC(C(C)(C)C)C2=O)C(C)C)cc1. The molecule has 286 valence electrons. The molecule has 1 aliphatic rings. The molecule has 1 fully saturated rings. The molecule has 0 bridgehead atoms. The molecular weight excluding hydrogens is 652 g/mol. The topological polar surface area (TPSA) is 174 Å². The highest BCUT2D eigenvalue weighted by atomic mass is 16.5. The van der Waals surface area contributed by atoms with Crippen LogP contribution in [0.4, 0.5) is 4.79 Å². The molecule has 0 spiro atoms. The lowest BCUT2D eigenvalue weighted by atomic mass is 9.80. The number of hydrogen-bond donors (Lipinski definition) is 3. The second-order valence-corrected chi connectivity index (χ2v) is 15.5. The monoisotopic (exact) mass is 714 g/mol. The molecule has 4 N–H and O–H groups in total. The van der Waals surface area contributed by atoms with Crippen LogP contribution in [-0.4, -0.2) is 79.2 Å². The van der Waals surface area contributed by atoms with Gasteiger partial charge in [-0.2, -0.15) is 0 Å². The van der Waals surface area contributed by atoms with Crippen LogP contribution in [0.2, 0.25) is 0 Å². The zero-order chi connectivity index (χ0) is 38.1. The first-order valence-corrected chi connectivity index (χ1v) is 18.4. The first-order valence-electron chi connectivity index (χ1n) is 18.4. The summed E-state index contributed by atoms with van der Waals surface area (Å²) in [6, 6.07) is 6.17. The number of carbonyl (C=O) groups is 6. The number of Topliss-reactive ketones (excluding diaryl/α,β-unsaturated/α-hetero) is 2. The van der Waals surface area contributed by atoms with E-state index in [1.54, 1.807) is 0 Å². The largest absolute Gasteiger partial charge is 0.379 e. The van der Waals surface area contributed by atoms with Crippen molar-refractivity contribution in [3.05, 3.63) is 35.4 Å². The lowest BCUT2D eigenvalue weighted by Crippen LogP contribution is -2.46. The molecule has 1 saturated heterocycles. The molecule has 12 nitrogen and oxygen atoms in total. The third-order valence-corrected chi connectivity index (χ3v) is 9.28. The maximum Gasteiger partial charge on any atom is 0.312 e. The molecule has 1 unspecified atom stereocenters. The number of carbonyl (C=O) groups excluding carboxylic acids is 6. The lowest BCUT2D eigenvalue weighted by Gasteiger charge is -2.25. The van der Waals surface area contributed by atoms with Crippen LogP contribution in [-0.2, 0) is 46.5 Å². The van der Waals surface area contributed by atoms with Crippen LogP contribution in [0.15, 0.2) is 24.3 Å². The lowest BCUT2D eigenvalue weighted by molar-refractivity contribution is -0.141. The number of primary amides is 1. The summed E-state index contributed by atoms with van der Waals surface area (Å²) in [7, 11) is 0. The van der Waals surface area contributed by atoms with Crippen molar-refractivity contribution in [2.45, 2.75) is 112 Å². The van der Waals surface area contributed by atoms with Crippen LogP contribution in [0.5, 0.6) is 0 Å². The Hall–Kier alpha value is -3.64. The van der Waals surface area contributed by atoms with E-state index in [4.69, 9.17) is 15.2 Å². The van der Waals surface area contributed by atoms with Gasteiger partial charge in [0.25, 0.3) is 0 Å². The summed E-state index contributed by atoms with van der Waals surface area (Å²) in [5.41, 5.74) is 6.70. The summed E-state index contributed by atoms with van der Waals surface area (Å²) < 4.78 is 11.4. The fourth-order valence-corrected chi connectivity index (χ4v) is 5.99. The molecule has 1 heterocycles. The van der Waals surface area contributed by atoms with Crippen molar-refractivity contribution in [3.8, 4) is 0 Å². The molecule has 12 heteroatoms. The Balaban J connectivity index is 1.91. The minimum absolute atomic E-state index is 0.0195. The number of rotatable bonds is 24. The summed E-state index contributed by atoms with van der Waals surface area (Å²) in [6.07, 6.45) is 3.19. The van der Waals surface area contributed by atoms with Crippen molar-refractivity contribution < 1.29 is 38.2 Å². The van der Waals surface area contributed by atoms with Crippen LogP contribution in [0.3, 0.4) is 0 Å². The Morgan fingerprint density at radius 2 is 1.59 bits per heavy atom. The number of amides is 5. The molecule has 0 aromatic heterocycles. The second kappa shape index (κ2) is 21.7. The molecule has 1 aromatic carbocycles. The standard InChI is InChI=1S/C39H62N4O8/c1-26(2)10-9-19-51-25-29-14-12-28(13-15-29)22-34(45)33(11-8-17-41-38(40)49)42-36(47)31(27(3)4)23-30(44)16-20-50-21-18-43-35(46)24-32(37(43)48)39(5,6)7/h12-15,26-27,31-33H,8-11,16-25H2,1-7H3,(H,42,47)(H3,40,41,49)/t31-,32?,33-/m0/s1. The van der Waals surface area contributed by atoms with Gasteiger partial charge in [0.05, 0.1) is 38.3 Å². The van der Waals surface area contributed by atoms with Crippen LogP contribution in [0, 0.1) is 29.1 Å². The highest BCUT2D eigenvalue weighted by molar-refractivity contribution is 6.03. The summed E-state index contributed by atoms with van der Waals surface area (Å²) >= 11 is 0. The Labute approximate surface area is 304 Å². The van der Waals surface area contributed by atoms with Crippen molar-refractivity contribution in [2.75, 3.05) is 32.9 Å². The fourth-order valence-electron chi connectivity index (χ4n) is 5.99. The molecule has 5 amide bonds. The van der Waals surface area contributed by atoms with Crippen molar-refractivity contribution in [3.63, 3.8) is 0 Å². The quantitative estimate of drug-likeness (QED) is 0.102. The van der Waals surface area contributed by atoms with Gasteiger partial charge in [-0.25, -0.2) is 4.79 Å². The predicted molar refractivity (Wildman–Crippen MR) is 195 cm³/mol. The smallest absolute Gasteiger partial charge is 0.312 e. The van der Waals surface area contributed by atoms with Gasteiger partial charge in [0.15, 0.2) is 5.78 Å². The van der Waals surface area contributed by atoms with Gasteiger partial charge < -0.3 is 25.8 Å². The van der Waals surface area contributed by atoms with E-state index < -0.39 is 18.0 Å². The van der Waals surface area contributed by atoms with Crippen LogP contribution in [0.25, 0.3) is 0 Å². The Kier molecular flexibility index (Phi) is 18.5. The number of hydrogen-bond acceptors (Lipinski definition) is 8. The van der Waals surface area contributed by atoms with Gasteiger partial charge in [0, 0.05) is 44.8 Å². The molecule has 2 rings (SSSR count). The van der Waals surface area contributed by atoms with Gasteiger partial charge in [-0.15, -0.1) is 0 Å². The highest BCUT2D eigenvalue weighted by Gasteiger charge is 2.44. The number of likely N-dealkylation sites (tertiary alicyclic amines) is 1. The number of urea groups is 1. The van der Waals surface area contributed by atoms with Gasteiger partial charge in [0.2, 0.25) is 17.7 Å². The molecule has 1 aromatic rings. The van der Waals surface area contributed by atoms with Gasteiger partial charge in [-0.3, -0.25) is 28.9 Å². The number of nitrogens with two attached hydrogens (primary N) is 1. The average Bonchev–Trinajstić information content (AvgIpc) is 3.34. The van der Waals surface area contributed by atoms with E-state index in [9.17, 15) is 28.8 Å². The van der Waals surface area contributed by atoms with E-state index in [-0.39, 0.29) is 105 Å². The van der Waals surface area contributed by atoms with Crippen LogP contribution < -0.4 is 16.4 Å². The maximum absolute atomic E-state index is 13.5. The van der Waals surface area contributed by atoms with Gasteiger partial charge >= 0.3 is 6.03 Å². The van der Waals surface area contributed by atoms with Crippen LogP contribution in [0.1, 0.15) is 105 Å². The minimum Gasteiger partial charge on any atom is -0.379 e. The van der Waals surface area contributed by atoms with Gasteiger partial charge in [-0.05, 0) is 54.1 Å². The summed E-state index contributed by atoms with van der Waals surface area (Å²) in [4.78, 5) is 77.4. The van der Waals surface area contributed by atoms with Crippen LogP contribution >= 0.6 is 0 Å². The summed E-state index contributed by atoms with van der Waals surface area (Å²) in [5, 5.41) is 5.41.